The highest BCUT2D eigenvalue weighted by molar-refractivity contribution is 6.04. The molecule has 0 aliphatic heterocycles. The van der Waals surface area contributed by atoms with E-state index in [4.69, 9.17) is 9.47 Å². The summed E-state index contributed by atoms with van der Waals surface area (Å²) in [6, 6.07) is 0. The Hall–Kier alpha value is -1.65. The van der Waals surface area contributed by atoms with Gasteiger partial charge in [-0.3, -0.25) is 14.4 Å². The fourth-order valence-electron chi connectivity index (χ4n) is 2.45. The molecule has 0 saturated heterocycles. The van der Waals surface area contributed by atoms with Crippen LogP contribution in [0, 0.1) is 11.3 Å². The van der Waals surface area contributed by atoms with Crippen LogP contribution in [0.1, 0.15) is 52.9 Å². The maximum Gasteiger partial charge on any atom is 0.324 e. The maximum absolute atomic E-state index is 12.1. The molecule has 0 bridgehead atoms. The van der Waals surface area contributed by atoms with Crippen LogP contribution < -0.4 is 0 Å². The van der Waals surface area contributed by atoms with Crippen LogP contribution in [0.25, 0.3) is 0 Å². The highest BCUT2D eigenvalue weighted by atomic mass is 16.6. The van der Waals surface area contributed by atoms with E-state index >= 15 is 0 Å². The fourth-order valence-corrected chi connectivity index (χ4v) is 2.45. The lowest BCUT2D eigenvalue weighted by molar-refractivity contribution is -0.164. The van der Waals surface area contributed by atoms with Gasteiger partial charge in [-0.05, 0) is 32.8 Å². The molecule has 1 aliphatic rings. The molecular formula is C17H26O5. The third-order valence-corrected chi connectivity index (χ3v) is 3.84. The Kier molecular flexibility index (Phi) is 7.28. The molecule has 1 atom stereocenters. The molecule has 0 amide bonds. The Morgan fingerprint density at radius 1 is 1.05 bits per heavy atom. The zero-order valence-corrected chi connectivity index (χ0v) is 13.7. The van der Waals surface area contributed by atoms with Gasteiger partial charge < -0.3 is 9.47 Å². The Morgan fingerprint density at radius 2 is 1.64 bits per heavy atom. The Balaban J connectivity index is 2.65. The molecule has 124 valence electrons. The van der Waals surface area contributed by atoms with Gasteiger partial charge in [-0.25, -0.2) is 0 Å². The maximum atomic E-state index is 12.1. The molecule has 1 unspecified atom stereocenters. The number of esters is 2. The average Bonchev–Trinajstić information content (AvgIpc) is 3.22. The predicted octanol–water partition coefficient (Wildman–Crippen LogP) is 2.82. The molecule has 0 radical (unpaired) electrons. The van der Waals surface area contributed by atoms with Crippen LogP contribution in [-0.2, 0) is 23.9 Å². The van der Waals surface area contributed by atoms with E-state index in [1.54, 1.807) is 19.9 Å². The molecule has 0 heterocycles. The monoisotopic (exact) mass is 310 g/mol. The minimum Gasteiger partial charge on any atom is -0.465 e. The zero-order valence-electron chi connectivity index (χ0n) is 13.7. The first-order chi connectivity index (χ1) is 10.5. The van der Waals surface area contributed by atoms with Crippen molar-refractivity contribution in [2.24, 2.45) is 11.3 Å². The van der Waals surface area contributed by atoms with E-state index in [-0.39, 0.29) is 24.9 Å². The molecule has 1 aliphatic carbocycles. The van der Waals surface area contributed by atoms with Gasteiger partial charge in [-0.2, -0.15) is 0 Å². The van der Waals surface area contributed by atoms with Crippen molar-refractivity contribution in [3.63, 3.8) is 0 Å². The second-order valence-electron chi connectivity index (χ2n) is 5.51. The van der Waals surface area contributed by atoms with E-state index in [1.165, 1.54) is 6.08 Å². The number of ketones is 1. The van der Waals surface area contributed by atoms with Crippen LogP contribution in [-0.4, -0.2) is 30.9 Å². The summed E-state index contributed by atoms with van der Waals surface area (Å²) in [4.78, 5) is 35.9. The van der Waals surface area contributed by atoms with Crippen LogP contribution in [0.5, 0.6) is 0 Å². The molecule has 1 rings (SSSR count). The number of rotatable bonds is 10. The second kappa shape index (κ2) is 8.71. The number of allylic oxidation sites excluding steroid dienone is 2. The third-order valence-electron chi connectivity index (χ3n) is 3.84. The summed E-state index contributed by atoms with van der Waals surface area (Å²) >= 11 is 0. The van der Waals surface area contributed by atoms with Crippen molar-refractivity contribution in [1.29, 1.82) is 0 Å². The Bertz CT molecular complexity index is 420. The summed E-state index contributed by atoms with van der Waals surface area (Å²) < 4.78 is 9.99. The molecule has 5 nitrogen and oxygen atoms in total. The molecular weight excluding hydrogens is 284 g/mol. The van der Waals surface area contributed by atoms with Crippen LogP contribution in [0.4, 0.5) is 0 Å². The minimum absolute atomic E-state index is 0.0296. The first kappa shape index (κ1) is 18.4. The van der Waals surface area contributed by atoms with Crippen molar-refractivity contribution in [1.82, 2.24) is 0 Å². The predicted molar refractivity (Wildman–Crippen MR) is 82.1 cm³/mol. The molecule has 0 aromatic carbocycles. The summed E-state index contributed by atoms with van der Waals surface area (Å²) in [5.41, 5.74) is -1.24. The first-order valence-corrected chi connectivity index (χ1v) is 8.08. The standard InChI is InChI=1S/C17H26O5/c1-4-7-8-9-14(18)11-10-13-12-17(13,15(19)21-5-2)16(20)22-6-3/h10-11,13H,4-9,12H2,1-3H3. The summed E-state index contributed by atoms with van der Waals surface area (Å²) in [5, 5.41) is 0. The van der Waals surface area contributed by atoms with E-state index in [0.717, 1.165) is 19.3 Å². The smallest absolute Gasteiger partial charge is 0.324 e. The number of hydrogen-bond acceptors (Lipinski definition) is 5. The van der Waals surface area contributed by atoms with E-state index in [9.17, 15) is 14.4 Å². The lowest BCUT2D eigenvalue weighted by atomic mass is 10.0. The molecule has 1 fully saturated rings. The quantitative estimate of drug-likeness (QED) is 0.268. The Labute approximate surface area is 132 Å². The molecule has 0 aromatic rings. The van der Waals surface area contributed by atoms with E-state index in [2.05, 4.69) is 6.92 Å². The van der Waals surface area contributed by atoms with Crippen LogP contribution in [0.3, 0.4) is 0 Å². The SMILES string of the molecule is CCCCCC(=O)C=CC1CC1(C(=O)OCC)C(=O)OCC. The number of unbranched alkanes of at least 4 members (excludes halogenated alkanes) is 2. The summed E-state index contributed by atoms with van der Waals surface area (Å²) in [7, 11) is 0. The molecule has 1 saturated carbocycles. The van der Waals surface area contributed by atoms with Crippen molar-refractivity contribution in [3.8, 4) is 0 Å². The van der Waals surface area contributed by atoms with Gasteiger partial charge in [0.2, 0.25) is 0 Å². The van der Waals surface area contributed by atoms with Crippen LogP contribution in [0.2, 0.25) is 0 Å². The second-order valence-corrected chi connectivity index (χ2v) is 5.51. The van der Waals surface area contributed by atoms with Gasteiger partial charge in [0.15, 0.2) is 11.2 Å². The van der Waals surface area contributed by atoms with Gasteiger partial charge in [-0.1, -0.05) is 25.8 Å². The molecule has 5 heteroatoms. The van der Waals surface area contributed by atoms with Gasteiger partial charge in [0.25, 0.3) is 0 Å². The molecule has 0 N–H and O–H groups in total. The topological polar surface area (TPSA) is 69.7 Å². The zero-order chi connectivity index (χ0) is 16.6. The lowest BCUT2D eigenvalue weighted by Crippen LogP contribution is -2.31. The molecule has 0 aromatic heterocycles. The normalized spacial score (nSPS) is 19.0. The third kappa shape index (κ3) is 4.42. The summed E-state index contributed by atoms with van der Waals surface area (Å²) in [5.74, 6) is -1.38. The largest absolute Gasteiger partial charge is 0.465 e. The van der Waals surface area contributed by atoms with Crippen molar-refractivity contribution in [2.45, 2.75) is 52.9 Å². The van der Waals surface area contributed by atoms with E-state index < -0.39 is 17.4 Å². The average molecular weight is 310 g/mol. The Morgan fingerprint density at radius 3 is 2.14 bits per heavy atom. The summed E-state index contributed by atoms with van der Waals surface area (Å²) in [6.45, 7) is 5.90. The number of hydrogen-bond donors (Lipinski definition) is 0. The first-order valence-electron chi connectivity index (χ1n) is 8.08. The lowest BCUT2D eigenvalue weighted by Gasteiger charge is -2.13. The van der Waals surface area contributed by atoms with Gasteiger partial charge in [0, 0.05) is 12.3 Å². The van der Waals surface area contributed by atoms with Crippen molar-refractivity contribution < 1.29 is 23.9 Å². The fraction of sp³-hybridized carbons (Fsp3) is 0.706. The van der Waals surface area contributed by atoms with Gasteiger partial charge in [0.1, 0.15) is 0 Å². The van der Waals surface area contributed by atoms with Gasteiger partial charge in [0.05, 0.1) is 13.2 Å². The van der Waals surface area contributed by atoms with Crippen LogP contribution >= 0.6 is 0 Å². The molecule has 22 heavy (non-hydrogen) atoms. The number of carbonyl (C=O) groups excluding carboxylic acids is 3. The highest BCUT2D eigenvalue weighted by Gasteiger charge is 2.67. The van der Waals surface area contributed by atoms with Crippen molar-refractivity contribution in [3.05, 3.63) is 12.2 Å². The van der Waals surface area contributed by atoms with Crippen molar-refractivity contribution in [2.75, 3.05) is 13.2 Å². The minimum atomic E-state index is -1.24. The highest BCUT2D eigenvalue weighted by Crippen LogP contribution is 2.55. The summed E-state index contributed by atoms with van der Waals surface area (Å²) in [6.07, 6.45) is 6.95. The number of carbonyl (C=O) groups is 3. The van der Waals surface area contributed by atoms with Gasteiger partial charge >= 0.3 is 11.9 Å². The molecule has 0 spiro atoms. The van der Waals surface area contributed by atoms with Crippen molar-refractivity contribution >= 4 is 17.7 Å². The van der Waals surface area contributed by atoms with E-state index in [0.29, 0.717) is 12.8 Å². The van der Waals surface area contributed by atoms with E-state index in [1.807, 2.05) is 0 Å². The van der Waals surface area contributed by atoms with Gasteiger partial charge in [-0.15, -0.1) is 0 Å². The van der Waals surface area contributed by atoms with Crippen LogP contribution in [0.15, 0.2) is 12.2 Å². The number of ether oxygens (including phenoxy) is 2.